The Hall–Kier alpha value is -1.13. The van der Waals surface area contributed by atoms with Crippen molar-refractivity contribution in [1.29, 1.82) is 0 Å². The van der Waals surface area contributed by atoms with Crippen LogP contribution in [0.2, 0.25) is 0 Å². The van der Waals surface area contributed by atoms with Crippen LogP contribution in [0.4, 0.5) is 5.82 Å². The molecular weight excluding hydrogens is 260 g/mol. The normalized spacial score (nSPS) is 17.3. The fourth-order valence-corrected chi connectivity index (χ4v) is 3.01. The molecule has 118 valence electrons. The van der Waals surface area contributed by atoms with E-state index < -0.39 is 0 Å². The number of likely N-dealkylation sites (tertiary alicyclic amines) is 1. The van der Waals surface area contributed by atoms with Crippen LogP contribution in [0.25, 0.3) is 0 Å². The van der Waals surface area contributed by atoms with Gasteiger partial charge in [0.05, 0.1) is 0 Å². The maximum absolute atomic E-state index is 4.48. The molecule has 0 amide bonds. The van der Waals surface area contributed by atoms with Crippen molar-refractivity contribution in [3.05, 3.63) is 23.9 Å². The van der Waals surface area contributed by atoms with Crippen molar-refractivity contribution in [2.45, 2.75) is 32.7 Å². The zero-order chi connectivity index (χ0) is 15.1. The van der Waals surface area contributed by atoms with Crippen LogP contribution in [-0.2, 0) is 6.54 Å². The van der Waals surface area contributed by atoms with Crippen molar-refractivity contribution in [2.75, 3.05) is 45.6 Å². The number of piperidine rings is 1. The van der Waals surface area contributed by atoms with E-state index in [1.807, 2.05) is 12.3 Å². The smallest absolute Gasteiger partial charge is 0.130 e. The number of rotatable bonds is 7. The van der Waals surface area contributed by atoms with Gasteiger partial charge in [0.2, 0.25) is 0 Å². The van der Waals surface area contributed by atoms with Crippen LogP contribution in [0.1, 0.15) is 31.7 Å². The molecule has 1 aliphatic rings. The Morgan fingerprint density at radius 2 is 2.14 bits per heavy atom. The van der Waals surface area contributed by atoms with Gasteiger partial charge in [-0.25, -0.2) is 4.98 Å². The lowest BCUT2D eigenvalue weighted by Gasteiger charge is -2.31. The lowest BCUT2D eigenvalue weighted by atomic mass is 9.96. The zero-order valence-electron chi connectivity index (χ0n) is 13.8. The largest absolute Gasteiger partial charge is 0.370 e. The lowest BCUT2D eigenvalue weighted by molar-refractivity contribution is 0.173. The molecule has 0 radical (unpaired) electrons. The predicted molar refractivity (Wildman–Crippen MR) is 89.6 cm³/mol. The molecule has 0 unspecified atom stereocenters. The SMILES string of the molecule is CCCNc1ncccc1CN(C)CC1CCN(C)CC1. The van der Waals surface area contributed by atoms with Crippen LogP contribution in [0.3, 0.4) is 0 Å². The highest BCUT2D eigenvalue weighted by Crippen LogP contribution is 2.19. The summed E-state index contributed by atoms with van der Waals surface area (Å²) in [7, 11) is 4.45. The highest BCUT2D eigenvalue weighted by Gasteiger charge is 2.18. The van der Waals surface area contributed by atoms with E-state index in [4.69, 9.17) is 0 Å². The second kappa shape index (κ2) is 8.35. The van der Waals surface area contributed by atoms with Gasteiger partial charge in [-0.15, -0.1) is 0 Å². The molecule has 1 aromatic heterocycles. The van der Waals surface area contributed by atoms with E-state index >= 15 is 0 Å². The number of pyridine rings is 1. The molecule has 2 rings (SSSR count). The Morgan fingerprint density at radius 1 is 1.38 bits per heavy atom. The van der Waals surface area contributed by atoms with Gasteiger partial charge in [-0.3, -0.25) is 0 Å². The Labute approximate surface area is 129 Å². The van der Waals surface area contributed by atoms with E-state index in [1.54, 1.807) is 0 Å². The molecular formula is C17H30N4. The number of nitrogens with one attached hydrogen (secondary N) is 1. The number of anilines is 1. The summed E-state index contributed by atoms with van der Waals surface area (Å²) in [5.74, 6) is 1.89. The van der Waals surface area contributed by atoms with Gasteiger partial charge in [0, 0.05) is 31.4 Å². The Balaban J connectivity index is 1.85. The molecule has 1 aliphatic heterocycles. The first-order chi connectivity index (χ1) is 10.2. The second-order valence-corrected chi connectivity index (χ2v) is 6.38. The Morgan fingerprint density at radius 3 is 2.86 bits per heavy atom. The van der Waals surface area contributed by atoms with E-state index in [-0.39, 0.29) is 0 Å². The average Bonchev–Trinajstić information content (AvgIpc) is 2.49. The van der Waals surface area contributed by atoms with E-state index in [1.165, 1.54) is 38.0 Å². The van der Waals surface area contributed by atoms with Crippen LogP contribution in [0.15, 0.2) is 18.3 Å². The zero-order valence-corrected chi connectivity index (χ0v) is 13.8. The van der Waals surface area contributed by atoms with Gasteiger partial charge in [0.25, 0.3) is 0 Å². The van der Waals surface area contributed by atoms with Gasteiger partial charge in [-0.1, -0.05) is 13.0 Å². The number of hydrogen-bond donors (Lipinski definition) is 1. The van der Waals surface area contributed by atoms with Gasteiger partial charge in [-0.2, -0.15) is 0 Å². The topological polar surface area (TPSA) is 31.4 Å². The molecule has 0 atom stereocenters. The van der Waals surface area contributed by atoms with Gasteiger partial charge < -0.3 is 15.1 Å². The molecule has 1 saturated heterocycles. The van der Waals surface area contributed by atoms with E-state index in [0.717, 1.165) is 31.2 Å². The number of hydrogen-bond acceptors (Lipinski definition) is 4. The van der Waals surface area contributed by atoms with Crippen LogP contribution in [0.5, 0.6) is 0 Å². The molecule has 0 saturated carbocycles. The van der Waals surface area contributed by atoms with Crippen molar-refractivity contribution >= 4 is 5.82 Å². The van der Waals surface area contributed by atoms with Gasteiger partial charge in [-0.05, 0) is 58.4 Å². The van der Waals surface area contributed by atoms with Crippen molar-refractivity contribution in [3.63, 3.8) is 0 Å². The molecule has 0 bridgehead atoms. The summed E-state index contributed by atoms with van der Waals surface area (Å²) in [5, 5.41) is 3.43. The van der Waals surface area contributed by atoms with Gasteiger partial charge in [0.15, 0.2) is 0 Å². The fourth-order valence-electron chi connectivity index (χ4n) is 3.01. The van der Waals surface area contributed by atoms with E-state index in [2.05, 4.69) is 47.2 Å². The second-order valence-electron chi connectivity index (χ2n) is 6.38. The monoisotopic (exact) mass is 290 g/mol. The maximum Gasteiger partial charge on any atom is 0.130 e. The van der Waals surface area contributed by atoms with E-state index in [0.29, 0.717) is 0 Å². The highest BCUT2D eigenvalue weighted by atomic mass is 15.1. The van der Waals surface area contributed by atoms with Crippen molar-refractivity contribution in [1.82, 2.24) is 14.8 Å². The van der Waals surface area contributed by atoms with E-state index in [9.17, 15) is 0 Å². The minimum Gasteiger partial charge on any atom is -0.370 e. The molecule has 4 nitrogen and oxygen atoms in total. The third-order valence-electron chi connectivity index (χ3n) is 4.28. The molecule has 4 heteroatoms. The number of aromatic nitrogens is 1. The van der Waals surface area contributed by atoms with Crippen LogP contribution in [0, 0.1) is 5.92 Å². The summed E-state index contributed by atoms with van der Waals surface area (Å²) in [5.41, 5.74) is 1.31. The molecule has 1 N–H and O–H groups in total. The molecule has 1 aromatic rings. The third kappa shape index (κ3) is 5.29. The molecule has 0 spiro atoms. The summed E-state index contributed by atoms with van der Waals surface area (Å²) >= 11 is 0. The molecule has 2 heterocycles. The Bertz CT molecular complexity index is 413. The molecule has 1 fully saturated rings. The minimum absolute atomic E-state index is 0.843. The standard InChI is InChI=1S/C17H30N4/c1-4-9-18-17-16(6-5-10-19-17)14-21(3)13-15-7-11-20(2)12-8-15/h5-6,10,15H,4,7-9,11-14H2,1-3H3,(H,18,19). The molecule has 21 heavy (non-hydrogen) atoms. The first-order valence-electron chi connectivity index (χ1n) is 8.24. The van der Waals surface area contributed by atoms with Crippen molar-refractivity contribution in [2.24, 2.45) is 5.92 Å². The van der Waals surface area contributed by atoms with Gasteiger partial charge >= 0.3 is 0 Å². The highest BCUT2D eigenvalue weighted by molar-refractivity contribution is 5.43. The minimum atomic E-state index is 0.843. The maximum atomic E-state index is 4.48. The summed E-state index contributed by atoms with van der Waals surface area (Å²) in [6.07, 6.45) is 5.66. The molecule has 0 aliphatic carbocycles. The van der Waals surface area contributed by atoms with Crippen LogP contribution in [-0.4, -0.2) is 55.1 Å². The average molecular weight is 290 g/mol. The van der Waals surface area contributed by atoms with Crippen LogP contribution < -0.4 is 5.32 Å². The number of nitrogens with zero attached hydrogens (tertiary/aromatic N) is 3. The van der Waals surface area contributed by atoms with Gasteiger partial charge in [0.1, 0.15) is 5.82 Å². The Kier molecular flexibility index (Phi) is 6.46. The first-order valence-corrected chi connectivity index (χ1v) is 8.24. The quantitative estimate of drug-likeness (QED) is 0.836. The lowest BCUT2D eigenvalue weighted by Crippen LogP contribution is -2.35. The summed E-state index contributed by atoms with van der Waals surface area (Å²) in [6.45, 7) is 7.83. The van der Waals surface area contributed by atoms with Crippen LogP contribution >= 0.6 is 0 Å². The third-order valence-corrected chi connectivity index (χ3v) is 4.28. The summed E-state index contributed by atoms with van der Waals surface area (Å²) in [4.78, 5) is 9.37. The molecule has 0 aromatic carbocycles. The van der Waals surface area contributed by atoms with Crippen molar-refractivity contribution < 1.29 is 0 Å². The van der Waals surface area contributed by atoms with Crippen molar-refractivity contribution in [3.8, 4) is 0 Å². The fraction of sp³-hybridized carbons (Fsp3) is 0.706. The summed E-state index contributed by atoms with van der Waals surface area (Å²) in [6, 6.07) is 4.23. The predicted octanol–water partition coefficient (Wildman–Crippen LogP) is 2.68. The first kappa shape index (κ1) is 16.2. The summed E-state index contributed by atoms with van der Waals surface area (Å²) < 4.78 is 0.